The number of morpholine rings is 1. The van der Waals surface area contributed by atoms with E-state index in [9.17, 15) is 13.2 Å². The molecule has 0 unspecified atom stereocenters. The van der Waals surface area contributed by atoms with Gasteiger partial charge in [-0.1, -0.05) is 18.2 Å². The lowest BCUT2D eigenvalue weighted by Gasteiger charge is -2.26. The summed E-state index contributed by atoms with van der Waals surface area (Å²) in [6.07, 6.45) is 0. The lowest BCUT2D eigenvalue weighted by atomic mass is 10.1. The molecule has 1 saturated heterocycles. The largest absolute Gasteiger partial charge is 0.493 e. The lowest BCUT2D eigenvalue weighted by molar-refractivity contribution is 0.0730. The van der Waals surface area contributed by atoms with Crippen molar-refractivity contribution in [3.05, 3.63) is 53.6 Å². The topological polar surface area (TPSA) is 94.2 Å². The Labute approximate surface area is 170 Å². The fraction of sp³-hybridized carbons (Fsp3) is 0.350. The minimum absolute atomic E-state index is 0.00767. The first kappa shape index (κ1) is 21.1. The third-order valence-corrected chi connectivity index (χ3v) is 6.58. The SMILES string of the molecule is COc1ccc(CNC(=O)c2ccccc2S(=O)(=O)N2CCOCC2)cc1OC. The van der Waals surface area contributed by atoms with Gasteiger partial charge in [0.2, 0.25) is 10.0 Å². The van der Waals surface area contributed by atoms with Crippen molar-refractivity contribution in [1.82, 2.24) is 9.62 Å². The van der Waals surface area contributed by atoms with Crippen molar-refractivity contribution < 1.29 is 27.4 Å². The van der Waals surface area contributed by atoms with Crippen molar-refractivity contribution >= 4 is 15.9 Å². The number of nitrogens with one attached hydrogen (secondary N) is 1. The summed E-state index contributed by atoms with van der Waals surface area (Å²) < 4.78 is 43.0. The van der Waals surface area contributed by atoms with E-state index >= 15 is 0 Å². The Morgan fingerprint density at radius 1 is 1.07 bits per heavy atom. The highest BCUT2D eigenvalue weighted by molar-refractivity contribution is 7.89. The molecule has 0 aliphatic carbocycles. The molecule has 1 aliphatic rings. The highest BCUT2D eigenvalue weighted by Crippen LogP contribution is 2.27. The number of hydrogen-bond donors (Lipinski definition) is 1. The monoisotopic (exact) mass is 420 g/mol. The minimum atomic E-state index is -3.78. The molecule has 29 heavy (non-hydrogen) atoms. The van der Waals surface area contributed by atoms with Crippen LogP contribution in [0.3, 0.4) is 0 Å². The smallest absolute Gasteiger partial charge is 0.252 e. The van der Waals surface area contributed by atoms with Crippen LogP contribution in [0.5, 0.6) is 11.5 Å². The maximum atomic E-state index is 13.0. The number of ether oxygens (including phenoxy) is 3. The second-order valence-corrected chi connectivity index (χ2v) is 8.29. The van der Waals surface area contributed by atoms with E-state index in [1.54, 1.807) is 37.4 Å². The summed E-state index contributed by atoms with van der Waals surface area (Å²) in [5.74, 6) is 0.672. The number of sulfonamides is 1. The quantitative estimate of drug-likeness (QED) is 0.732. The molecule has 156 valence electrons. The zero-order valence-corrected chi connectivity index (χ0v) is 17.2. The Morgan fingerprint density at radius 2 is 1.76 bits per heavy atom. The van der Waals surface area contributed by atoms with Gasteiger partial charge in [-0.15, -0.1) is 0 Å². The standard InChI is InChI=1S/C20H24N2O6S/c1-26-17-8-7-15(13-18(17)27-2)14-21-20(23)16-5-3-4-6-19(16)29(24,25)22-9-11-28-12-10-22/h3-8,13H,9-12,14H2,1-2H3,(H,21,23). The molecule has 0 spiro atoms. The number of nitrogens with zero attached hydrogens (tertiary/aromatic N) is 1. The number of rotatable bonds is 7. The van der Waals surface area contributed by atoms with Crippen LogP contribution in [-0.4, -0.2) is 59.2 Å². The first-order valence-electron chi connectivity index (χ1n) is 9.13. The van der Waals surface area contributed by atoms with Gasteiger partial charge < -0.3 is 19.5 Å². The van der Waals surface area contributed by atoms with Crippen molar-refractivity contribution in [3.8, 4) is 11.5 Å². The molecule has 1 heterocycles. The van der Waals surface area contributed by atoms with Gasteiger partial charge in [-0.25, -0.2) is 8.42 Å². The van der Waals surface area contributed by atoms with E-state index in [4.69, 9.17) is 14.2 Å². The predicted molar refractivity (Wildman–Crippen MR) is 107 cm³/mol. The summed E-state index contributed by atoms with van der Waals surface area (Å²) in [6.45, 7) is 1.43. The summed E-state index contributed by atoms with van der Waals surface area (Å²) in [5.41, 5.74) is 0.906. The van der Waals surface area contributed by atoms with Crippen LogP contribution < -0.4 is 14.8 Å². The maximum Gasteiger partial charge on any atom is 0.252 e. The van der Waals surface area contributed by atoms with Crippen molar-refractivity contribution in [2.24, 2.45) is 0 Å². The number of benzene rings is 2. The number of amides is 1. The van der Waals surface area contributed by atoms with Gasteiger partial charge in [-0.2, -0.15) is 4.31 Å². The molecule has 3 rings (SSSR count). The average Bonchev–Trinajstić information content (AvgIpc) is 2.77. The molecule has 1 N–H and O–H groups in total. The Kier molecular flexibility index (Phi) is 6.73. The minimum Gasteiger partial charge on any atom is -0.493 e. The van der Waals surface area contributed by atoms with Crippen LogP contribution >= 0.6 is 0 Å². The number of methoxy groups -OCH3 is 2. The van der Waals surface area contributed by atoms with Crippen LogP contribution in [0.2, 0.25) is 0 Å². The van der Waals surface area contributed by atoms with Crippen molar-refractivity contribution in [2.45, 2.75) is 11.4 Å². The molecule has 0 atom stereocenters. The van der Waals surface area contributed by atoms with Crippen LogP contribution in [-0.2, 0) is 21.3 Å². The third-order valence-electron chi connectivity index (χ3n) is 4.62. The van der Waals surface area contributed by atoms with Crippen molar-refractivity contribution in [3.63, 3.8) is 0 Å². The second kappa shape index (κ2) is 9.25. The van der Waals surface area contributed by atoms with Gasteiger partial charge in [0.05, 0.1) is 37.9 Å². The molecule has 2 aromatic carbocycles. The van der Waals surface area contributed by atoms with Gasteiger partial charge in [0.1, 0.15) is 0 Å². The molecule has 0 bridgehead atoms. The number of carbonyl (C=O) groups is 1. The van der Waals surface area contributed by atoms with Gasteiger partial charge in [-0.3, -0.25) is 4.79 Å². The number of carbonyl (C=O) groups excluding carboxylic acids is 1. The predicted octanol–water partition coefficient (Wildman–Crippen LogP) is 1.65. The zero-order valence-electron chi connectivity index (χ0n) is 16.4. The molecule has 0 saturated carbocycles. The molecule has 9 heteroatoms. The van der Waals surface area contributed by atoms with Crippen molar-refractivity contribution in [1.29, 1.82) is 0 Å². The fourth-order valence-corrected chi connectivity index (χ4v) is 4.67. The fourth-order valence-electron chi connectivity index (χ4n) is 3.07. The molecule has 2 aromatic rings. The molecule has 1 fully saturated rings. The third kappa shape index (κ3) is 4.69. The second-order valence-electron chi connectivity index (χ2n) is 6.38. The van der Waals surface area contributed by atoms with E-state index in [1.807, 2.05) is 0 Å². The molecule has 8 nitrogen and oxygen atoms in total. The van der Waals surface area contributed by atoms with E-state index in [0.717, 1.165) is 5.56 Å². The van der Waals surface area contributed by atoms with E-state index in [0.29, 0.717) is 24.7 Å². The van der Waals surface area contributed by atoms with Crippen LogP contribution in [0.15, 0.2) is 47.4 Å². The van der Waals surface area contributed by atoms with Gasteiger partial charge in [0.25, 0.3) is 5.91 Å². The maximum absolute atomic E-state index is 13.0. The Bertz CT molecular complexity index is 971. The van der Waals surface area contributed by atoms with Crippen LogP contribution in [0.1, 0.15) is 15.9 Å². The zero-order chi connectivity index (χ0) is 20.9. The van der Waals surface area contributed by atoms with E-state index in [-0.39, 0.29) is 30.1 Å². The molecule has 0 radical (unpaired) electrons. The van der Waals surface area contributed by atoms with E-state index < -0.39 is 15.9 Å². The summed E-state index contributed by atoms with van der Waals surface area (Å²) in [6, 6.07) is 11.5. The first-order chi connectivity index (χ1) is 14.0. The Morgan fingerprint density at radius 3 is 2.45 bits per heavy atom. The highest BCUT2D eigenvalue weighted by atomic mass is 32.2. The van der Waals surface area contributed by atoms with Crippen LogP contribution in [0.4, 0.5) is 0 Å². The van der Waals surface area contributed by atoms with E-state index in [2.05, 4.69) is 5.32 Å². The summed E-state index contributed by atoms with van der Waals surface area (Å²) >= 11 is 0. The molecule has 0 aromatic heterocycles. The number of hydrogen-bond acceptors (Lipinski definition) is 6. The molecule has 1 amide bonds. The normalized spacial score (nSPS) is 15.0. The molecular formula is C20H24N2O6S. The van der Waals surface area contributed by atoms with Crippen LogP contribution in [0.25, 0.3) is 0 Å². The highest BCUT2D eigenvalue weighted by Gasteiger charge is 2.30. The van der Waals surface area contributed by atoms with Gasteiger partial charge in [-0.05, 0) is 29.8 Å². The molecule has 1 aliphatic heterocycles. The van der Waals surface area contributed by atoms with Gasteiger partial charge >= 0.3 is 0 Å². The van der Waals surface area contributed by atoms with Gasteiger partial charge in [0.15, 0.2) is 11.5 Å². The molecular weight excluding hydrogens is 396 g/mol. The Balaban J connectivity index is 1.78. The van der Waals surface area contributed by atoms with Crippen LogP contribution in [0, 0.1) is 0 Å². The van der Waals surface area contributed by atoms with Gasteiger partial charge in [0, 0.05) is 19.6 Å². The summed E-state index contributed by atoms with van der Waals surface area (Å²) in [4.78, 5) is 12.8. The average molecular weight is 420 g/mol. The summed E-state index contributed by atoms with van der Waals surface area (Å²) in [5, 5.41) is 2.78. The van der Waals surface area contributed by atoms with E-state index in [1.165, 1.54) is 23.5 Å². The Hall–Kier alpha value is -2.62. The summed E-state index contributed by atoms with van der Waals surface area (Å²) in [7, 11) is -0.703. The first-order valence-corrected chi connectivity index (χ1v) is 10.6. The van der Waals surface area contributed by atoms with Crippen molar-refractivity contribution in [2.75, 3.05) is 40.5 Å². The lowest BCUT2D eigenvalue weighted by Crippen LogP contribution is -2.41.